The Balaban J connectivity index is 0.000001000. The van der Waals surface area contributed by atoms with Crippen LogP contribution >= 0.6 is 8.25 Å². The van der Waals surface area contributed by atoms with Gasteiger partial charge in [0.2, 0.25) is 0 Å². The van der Waals surface area contributed by atoms with E-state index in [0.717, 1.165) is 0 Å². The average molecular weight is 200 g/mol. The van der Waals surface area contributed by atoms with Gasteiger partial charge < -0.3 is 9.42 Å². The molecule has 0 spiro atoms. The predicted octanol–water partition coefficient (Wildman–Crippen LogP) is 0.531. The second kappa shape index (κ2) is 6.04. The molecule has 58 valence electrons. The van der Waals surface area contributed by atoms with E-state index in [1.54, 1.807) is 30.3 Å². The van der Waals surface area contributed by atoms with Crippen molar-refractivity contribution >= 4 is 46.0 Å². The van der Waals surface area contributed by atoms with E-state index < -0.39 is 8.25 Å². The normalized spacial score (nSPS) is 11.4. The number of hydrogen-bond acceptors (Lipinski definition) is 2. The Morgan fingerprint density at radius 3 is 2.27 bits per heavy atom. The molecule has 0 aromatic heterocycles. The Labute approximate surface area is 95.3 Å². The molecule has 0 aliphatic rings. The second-order valence-corrected chi connectivity index (χ2v) is 2.42. The third-order valence-electron chi connectivity index (χ3n) is 0.948. The first kappa shape index (κ1) is 11.5. The summed E-state index contributed by atoms with van der Waals surface area (Å²) in [5.41, 5.74) is 0. The first-order valence-corrected chi connectivity index (χ1v) is 4.01. The van der Waals surface area contributed by atoms with E-state index in [2.05, 4.69) is 4.52 Å². The standard InChI is InChI=1S/C6H7O3P.Ca.2H/c7-10(8)9-6-4-2-1-3-5-6;;;/h1-5,10H,(H,7,8);;;. The maximum atomic E-state index is 10.1. The molecule has 1 rings (SSSR count). The van der Waals surface area contributed by atoms with Gasteiger partial charge in [0, 0.05) is 0 Å². The number of hydrogen-bond donors (Lipinski definition) is 1. The molecule has 5 heteroatoms. The number of benzene rings is 1. The molecule has 0 aliphatic carbocycles. The van der Waals surface area contributed by atoms with E-state index in [1.165, 1.54) is 0 Å². The van der Waals surface area contributed by atoms with E-state index in [0.29, 0.717) is 5.75 Å². The Bertz CT molecular complexity index is 227. The van der Waals surface area contributed by atoms with Crippen molar-refractivity contribution in [1.29, 1.82) is 0 Å². The summed E-state index contributed by atoms with van der Waals surface area (Å²) in [5, 5.41) is 0. The van der Waals surface area contributed by atoms with Crippen LogP contribution in [0.5, 0.6) is 5.75 Å². The Morgan fingerprint density at radius 2 is 1.82 bits per heavy atom. The van der Waals surface area contributed by atoms with Gasteiger partial charge in [0.05, 0.1) is 0 Å². The van der Waals surface area contributed by atoms with Crippen LogP contribution in [0.15, 0.2) is 30.3 Å². The molecule has 0 bridgehead atoms. The van der Waals surface area contributed by atoms with Crippen LogP contribution in [0, 0.1) is 0 Å². The van der Waals surface area contributed by atoms with Crippen LogP contribution in [0.1, 0.15) is 0 Å². The molecule has 1 N–H and O–H groups in total. The molecule has 0 saturated carbocycles. The molecule has 1 aromatic rings. The van der Waals surface area contributed by atoms with Crippen LogP contribution in [0.2, 0.25) is 0 Å². The molecule has 3 nitrogen and oxygen atoms in total. The van der Waals surface area contributed by atoms with E-state index in [9.17, 15) is 4.57 Å². The average Bonchev–Trinajstić information content (AvgIpc) is 1.88. The van der Waals surface area contributed by atoms with Crippen LogP contribution in [0.3, 0.4) is 0 Å². The van der Waals surface area contributed by atoms with Crippen molar-refractivity contribution in [1.82, 2.24) is 0 Å². The molecular formula is C6H9CaO3P. The zero-order chi connectivity index (χ0) is 7.40. The maximum absolute atomic E-state index is 10.1. The van der Waals surface area contributed by atoms with Gasteiger partial charge in [-0.05, 0) is 12.1 Å². The van der Waals surface area contributed by atoms with Gasteiger partial charge in [-0.25, -0.2) is 4.57 Å². The van der Waals surface area contributed by atoms with Gasteiger partial charge in [0.1, 0.15) is 5.75 Å². The van der Waals surface area contributed by atoms with Crippen LogP contribution in [0.25, 0.3) is 0 Å². The minimum atomic E-state index is -2.84. The van der Waals surface area contributed by atoms with Gasteiger partial charge in [-0.2, -0.15) is 0 Å². The second-order valence-electron chi connectivity index (χ2n) is 1.68. The monoisotopic (exact) mass is 200 g/mol. The van der Waals surface area contributed by atoms with Crippen LogP contribution in [0.4, 0.5) is 0 Å². The van der Waals surface area contributed by atoms with Gasteiger partial charge in [-0.15, -0.1) is 0 Å². The van der Waals surface area contributed by atoms with Crippen LogP contribution < -0.4 is 4.52 Å². The van der Waals surface area contributed by atoms with Gasteiger partial charge in [0.25, 0.3) is 0 Å². The fourth-order valence-corrected chi connectivity index (χ4v) is 0.927. The molecule has 1 aromatic carbocycles. The molecular weight excluding hydrogens is 191 g/mol. The van der Waals surface area contributed by atoms with Crippen LogP contribution in [-0.2, 0) is 4.57 Å². The summed E-state index contributed by atoms with van der Waals surface area (Å²) in [5.74, 6) is 0.425. The third kappa shape index (κ3) is 4.83. The van der Waals surface area contributed by atoms with E-state index >= 15 is 0 Å². The summed E-state index contributed by atoms with van der Waals surface area (Å²) in [6, 6.07) is 8.53. The first-order chi connectivity index (χ1) is 4.79. The zero-order valence-corrected chi connectivity index (χ0v) is 6.15. The molecule has 0 saturated heterocycles. The van der Waals surface area contributed by atoms with E-state index in [1.807, 2.05) is 0 Å². The van der Waals surface area contributed by atoms with Gasteiger partial charge in [-0.3, -0.25) is 0 Å². The Hall–Kier alpha value is 0.470. The zero-order valence-electron chi connectivity index (χ0n) is 5.15. The molecule has 0 aliphatic heterocycles. The van der Waals surface area contributed by atoms with Gasteiger partial charge >= 0.3 is 46.0 Å². The van der Waals surface area contributed by atoms with Crippen molar-refractivity contribution in [3.63, 3.8) is 0 Å². The molecule has 0 fully saturated rings. The molecule has 0 heterocycles. The summed E-state index contributed by atoms with van der Waals surface area (Å²) in [4.78, 5) is 8.33. The molecule has 11 heavy (non-hydrogen) atoms. The fraction of sp³-hybridized carbons (Fsp3) is 0. The third-order valence-corrected chi connectivity index (χ3v) is 1.36. The molecule has 1 unspecified atom stereocenters. The van der Waals surface area contributed by atoms with Crippen molar-refractivity contribution in [2.24, 2.45) is 0 Å². The summed E-state index contributed by atoms with van der Waals surface area (Å²) < 4.78 is 14.6. The molecule has 1 atom stereocenters. The summed E-state index contributed by atoms with van der Waals surface area (Å²) in [6.45, 7) is 0. The number of para-hydroxylation sites is 1. The van der Waals surface area contributed by atoms with Gasteiger partial charge in [-0.1, -0.05) is 18.2 Å². The fourth-order valence-electron chi connectivity index (χ4n) is 0.589. The summed E-state index contributed by atoms with van der Waals surface area (Å²) in [6.07, 6.45) is 0. The van der Waals surface area contributed by atoms with Crippen molar-refractivity contribution in [3.05, 3.63) is 30.3 Å². The van der Waals surface area contributed by atoms with Gasteiger partial charge in [0.15, 0.2) is 0 Å². The van der Waals surface area contributed by atoms with E-state index in [-0.39, 0.29) is 37.7 Å². The first-order valence-electron chi connectivity index (χ1n) is 2.75. The van der Waals surface area contributed by atoms with E-state index in [4.69, 9.17) is 4.89 Å². The van der Waals surface area contributed by atoms with Crippen molar-refractivity contribution in [2.45, 2.75) is 0 Å². The van der Waals surface area contributed by atoms with Crippen LogP contribution in [-0.4, -0.2) is 42.6 Å². The topological polar surface area (TPSA) is 46.5 Å². The number of rotatable bonds is 2. The molecule has 0 radical (unpaired) electrons. The molecule has 0 amide bonds. The SMILES string of the molecule is O=[PH](O)Oc1ccccc1.[CaH2]. The van der Waals surface area contributed by atoms with Crippen molar-refractivity contribution in [3.8, 4) is 5.75 Å². The van der Waals surface area contributed by atoms with Crippen molar-refractivity contribution < 1.29 is 14.0 Å². The Kier molecular flexibility index (Phi) is 6.30. The quantitative estimate of drug-likeness (QED) is 0.559. The predicted molar refractivity (Wildman–Crippen MR) is 46.8 cm³/mol. The van der Waals surface area contributed by atoms with Crippen molar-refractivity contribution in [2.75, 3.05) is 0 Å². The summed E-state index contributed by atoms with van der Waals surface area (Å²) in [7, 11) is -2.84. The summed E-state index contributed by atoms with van der Waals surface area (Å²) >= 11 is 0. The Morgan fingerprint density at radius 1 is 1.27 bits per heavy atom. The minimum absolute atomic E-state index is 0.